The van der Waals surface area contributed by atoms with Gasteiger partial charge < -0.3 is 0 Å². The van der Waals surface area contributed by atoms with Crippen LogP contribution in [0.15, 0.2) is 78.9 Å². The lowest BCUT2D eigenvalue weighted by molar-refractivity contribution is -0.633. The topological polar surface area (TPSA) is 21.7 Å². The molecule has 6 aromatic rings. The highest BCUT2D eigenvalue weighted by atomic mass is 32.1. The number of nitrogens with zero attached hydrogens (tertiary/aromatic N) is 3. The number of hydrogen-bond donors (Lipinski definition) is 0. The fourth-order valence-electron chi connectivity index (χ4n) is 5.60. The highest BCUT2D eigenvalue weighted by Gasteiger charge is 2.30. The molecule has 190 valence electrons. The number of hydrogen-bond acceptors (Lipinski definition) is 2. The molecule has 0 aliphatic carbocycles. The Morgan fingerprint density at radius 2 is 1.39 bits per heavy atom. The lowest BCUT2D eigenvalue weighted by Gasteiger charge is -2.18. The van der Waals surface area contributed by atoms with Gasteiger partial charge in [-0.05, 0) is 78.8 Å². The van der Waals surface area contributed by atoms with Crippen LogP contribution < -0.4 is 4.57 Å². The number of benzene rings is 4. The van der Waals surface area contributed by atoms with Crippen molar-refractivity contribution in [3.05, 3.63) is 101 Å². The molecule has 0 fully saturated rings. The number of rotatable bonds is 3. The zero-order valence-corrected chi connectivity index (χ0v) is 24.1. The van der Waals surface area contributed by atoms with Gasteiger partial charge in [-0.3, -0.25) is 0 Å². The first-order valence-corrected chi connectivity index (χ1v) is 14.0. The number of imidazole rings is 1. The van der Waals surface area contributed by atoms with Crippen LogP contribution in [0.2, 0.25) is 0 Å². The highest BCUT2D eigenvalue weighted by molar-refractivity contribution is 7.21. The summed E-state index contributed by atoms with van der Waals surface area (Å²) in [5, 5.41) is 1.09. The molecular formula is C34H34N3S+. The second-order valence-electron chi connectivity index (χ2n) is 11.4. The normalized spacial score (nSPS) is 12.1. The molecule has 4 heteroatoms. The van der Waals surface area contributed by atoms with Crippen molar-refractivity contribution in [1.29, 1.82) is 0 Å². The van der Waals surface area contributed by atoms with Crippen molar-refractivity contribution in [3.63, 3.8) is 0 Å². The van der Waals surface area contributed by atoms with Gasteiger partial charge in [-0.15, -0.1) is 11.3 Å². The van der Waals surface area contributed by atoms with Crippen LogP contribution in [0.4, 0.5) is 0 Å². The second-order valence-corrected chi connectivity index (χ2v) is 12.4. The van der Waals surface area contributed by atoms with E-state index in [0.717, 1.165) is 22.0 Å². The lowest BCUT2D eigenvalue weighted by atomic mass is 9.87. The number of aryl methyl sites for hydroxylation is 4. The molecule has 2 heterocycles. The minimum absolute atomic E-state index is 0.109. The van der Waals surface area contributed by atoms with Crippen LogP contribution in [-0.2, 0) is 12.5 Å². The summed E-state index contributed by atoms with van der Waals surface area (Å²) in [4.78, 5) is 5.33. The Kier molecular flexibility index (Phi) is 5.77. The molecule has 0 saturated heterocycles. The third-order valence-corrected chi connectivity index (χ3v) is 8.73. The van der Waals surface area contributed by atoms with Gasteiger partial charge in [-0.2, -0.15) is 4.57 Å². The van der Waals surface area contributed by atoms with Gasteiger partial charge in [-0.25, -0.2) is 9.55 Å². The van der Waals surface area contributed by atoms with Crippen molar-refractivity contribution < 1.29 is 4.57 Å². The quantitative estimate of drug-likeness (QED) is 0.216. The van der Waals surface area contributed by atoms with E-state index in [4.69, 9.17) is 4.98 Å². The monoisotopic (exact) mass is 516 g/mol. The molecule has 0 unspecified atom stereocenters. The van der Waals surface area contributed by atoms with E-state index in [2.05, 4.69) is 137 Å². The van der Waals surface area contributed by atoms with Gasteiger partial charge in [0.15, 0.2) is 11.0 Å². The third kappa shape index (κ3) is 3.86. The maximum Gasteiger partial charge on any atom is 0.297 e. The van der Waals surface area contributed by atoms with Gasteiger partial charge in [0.05, 0.1) is 22.8 Å². The van der Waals surface area contributed by atoms with Gasteiger partial charge in [0.25, 0.3) is 5.82 Å². The summed E-state index contributed by atoms with van der Waals surface area (Å²) in [6, 6.07) is 28.7. The molecule has 0 saturated carbocycles. The predicted octanol–water partition coefficient (Wildman–Crippen LogP) is 8.62. The SMILES string of the molecule is Cc1cccc(C)c1-c1nc2c(-c3n(-c4ccc(C(C)(C)C)cc4)c4ccccc4[n+]3C)c(C)ccc2s1. The Bertz CT molecular complexity index is 1810. The van der Waals surface area contributed by atoms with Crippen molar-refractivity contribution >= 4 is 32.6 Å². The Morgan fingerprint density at radius 1 is 0.737 bits per heavy atom. The summed E-state index contributed by atoms with van der Waals surface area (Å²) < 4.78 is 5.94. The molecule has 4 aromatic carbocycles. The maximum absolute atomic E-state index is 5.33. The first-order valence-electron chi connectivity index (χ1n) is 13.2. The summed E-state index contributed by atoms with van der Waals surface area (Å²) in [7, 11) is 2.18. The fraction of sp³-hybridized carbons (Fsp3) is 0.235. The molecule has 0 radical (unpaired) electrons. The minimum atomic E-state index is 0.109. The van der Waals surface area contributed by atoms with E-state index < -0.39 is 0 Å². The second kappa shape index (κ2) is 8.92. The van der Waals surface area contributed by atoms with E-state index in [9.17, 15) is 0 Å². The van der Waals surface area contributed by atoms with Gasteiger partial charge in [-0.1, -0.05) is 69.3 Å². The number of fused-ring (bicyclic) bond motifs is 2. The maximum atomic E-state index is 5.33. The van der Waals surface area contributed by atoms with Crippen LogP contribution in [0, 0.1) is 20.8 Å². The Labute approximate surface area is 229 Å². The molecule has 0 atom stereocenters. The minimum Gasteiger partial charge on any atom is -0.235 e. The fourth-order valence-corrected chi connectivity index (χ4v) is 6.75. The van der Waals surface area contributed by atoms with Crippen molar-refractivity contribution in [3.8, 4) is 27.6 Å². The summed E-state index contributed by atoms with van der Waals surface area (Å²) in [6.07, 6.45) is 0. The van der Waals surface area contributed by atoms with E-state index in [1.165, 1.54) is 49.1 Å². The lowest BCUT2D eigenvalue weighted by Crippen LogP contribution is -2.30. The van der Waals surface area contributed by atoms with Gasteiger partial charge in [0.2, 0.25) is 0 Å². The summed E-state index contributed by atoms with van der Waals surface area (Å²) in [6.45, 7) is 13.4. The van der Waals surface area contributed by atoms with Crippen molar-refractivity contribution in [2.45, 2.75) is 47.0 Å². The molecule has 0 bridgehead atoms. The molecule has 6 rings (SSSR count). The van der Waals surface area contributed by atoms with Gasteiger partial charge >= 0.3 is 0 Å². The standard InChI is InChI=1S/C34H34N3S/c1-21-11-10-12-22(2)29(21)32-35-31-28(38-32)20-15-23(3)30(31)33-36(7)26-13-8-9-14-27(26)37(33)25-18-16-24(17-19-25)34(4,5)6/h8-20H,1-7H3/q+1. The van der Waals surface area contributed by atoms with E-state index in [-0.39, 0.29) is 5.41 Å². The van der Waals surface area contributed by atoms with Gasteiger partial charge in [0, 0.05) is 5.56 Å². The molecule has 38 heavy (non-hydrogen) atoms. The van der Waals surface area contributed by atoms with E-state index in [1.807, 2.05) is 0 Å². The van der Waals surface area contributed by atoms with Crippen LogP contribution in [0.1, 0.15) is 43.0 Å². The highest BCUT2D eigenvalue weighted by Crippen LogP contribution is 2.40. The molecule has 0 spiro atoms. The number of aromatic nitrogens is 3. The van der Waals surface area contributed by atoms with E-state index in [1.54, 1.807) is 11.3 Å². The van der Waals surface area contributed by atoms with Crippen LogP contribution in [0.25, 0.3) is 48.9 Å². The molecular weight excluding hydrogens is 482 g/mol. The van der Waals surface area contributed by atoms with Crippen LogP contribution >= 0.6 is 11.3 Å². The van der Waals surface area contributed by atoms with Crippen LogP contribution in [-0.4, -0.2) is 9.55 Å². The summed E-state index contributed by atoms with van der Waals surface area (Å²) >= 11 is 1.79. The third-order valence-electron chi connectivity index (χ3n) is 7.69. The van der Waals surface area contributed by atoms with Crippen LogP contribution in [0.5, 0.6) is 0 Å². The summed E-state index contributed by atoms with van der Waals surface area (Å²) in [5.74, 6) is 1.15. The van der Waals surface area contributed by atoms with E-state index >= 15 is 0 Å². The first kappa shape index (κ1) is 24.6. The largest absolute Gasteiger partial charge is 0.297 e. The molecule has 0 amide bonds. The molecule has 0 N–H and O–H groups in total. The Balaban J connectivity index is 1.66. The Hall–Kier alpha value is -3.76. The predicted molar refractivity (Wildman–Crippen MR) is 161 cm³/mol. The zero-order valence-electron chi connectivity index (χ0n) is 23.3. The Morgan fingerprint density at radius 3 is 2.08 bits per heavy atom. The average molecular weight is 517 g/mol. The van der Waals surface area contributed by atoms with E-state index in [0.29, 0.717) is 0 Å². The number of para-hydroxylation sites is 2. The summed E-state index contributed by atoms with van der Waals surface area (Å²) in [5.41, 5.74) is 12.2. The van der Waals surface area contributed by atoms with Crippen molar-refractivity contribution in [2.75, 3.05) is 0 Å². The molecule has 0 aliphatic rings. The molecule has 3 nitrogen and oxygen atoms in total. The number of thiazole rings is 1. The molecule has 0 aliphatic heterocycles. The zero-order chi connectivity index (χ0) is 26.8. The van der Waals surface area contributed by atoms with Gasteiger partial charge in [0.1, 0.15) is 10.7 Å². The average Bonchev–Trinajstić information content (AvgIpc) is 3.43. The van der Waals surface area contributed by atoms with Crippen LogP contribution in [0.3, 0.4) is 0 Å². The van der Waals surface area contributed by atoms with Crippen molar-refractivity contribution in [1.82, 2.24) is 9.55 Å². The molecule has 2 aromatic heterocycles. The first-order chi connectivity index (χ1) is 18.1. The smallest absolute Gasteiger partial charge is 0.235 e. The van der Waals surface area contributed by atoms with Crippen molar-refractivity contribution in [2.24, 2.45) is 7.05 Å².